The maximum absolute atomic E-state index is 11.9. The summed E-state index contributed by atoms with van der Waals surface area (Å²) in [5.74, 6) is 0.936. The number of carbonyl (C=O) groups is 1. The number of amides is 1. The Morgan fingerprint density at radius 2 is 1.90 bits per heavy atom. The van der Waals surface area contributed by atoms with E-state index >= 15 is 0 Å². The third-order valence-corrected chi connectivity index (χ3v) is 4.02. The molecule has 1 saturated carbocycles. The van der Waals surface area contributed by atoms with E-state index in [4.69, 9.17) is 10.5 Å². The van der Waals surface area contributed by atoms with E-state index in [-0.39, 0.29) is 11.4 Å². The van der Waals surface area contributed by atoms with Crippen LogP contribution in [-0.2, 0) is 4.79 Å². The lowest BCUT2D eigenvalue weighted by Crippen LogP contribution is -2.46. The largest absolute Gasteiger partial charge is 0.494 e. The molecule has 0 unspecified atom stereocenters. The number of para-hydroxylation sites is 1. The molecular formula is C17H26N2O2. The molecular weight excluding hydrogens is 264 g/mol. The quantitative estimate of drug-likeness (QED) is 0.759. The lowest BCUT2D eigenvalue weighted by molar-refractivity contribution is -0.122. The van der Waals surface area contributed by atoms with E-state index in [1.54, 1.807) is 0 Å². The first-order valence-corrected chi connectivity index (χ1v) is 7.91. The van der Waals surface area contributed by atoms with Crippen LogP contribution in [0.15, 0.2) is 30.3 Å². The number of rotatable bonds is 7. The first-order chi connectivity index (χ1) is 10.2. The lowest BCUT2D eigenvalue weighted by Gasteiger charge is -2.32. The van der Waals surface area contributed by atoms with E-state index in [0.717, 1.165) is 37.9 Å². The van der Waals surface area contributed by atoms with E-state index in [0.29, 0.717) is 19.6 Å². The average Bonchev–Trinajstić information content (AvgIpc) is 2.48. The molecule has 0 spiro atoms. The Balaban J connectivity index is 1.57. The molecule has 4 nitrogen and oxygen atoms in total. The minimum Gasteiger partial charge on any atom is -0.494 e. The number of ether oxygens (including phenoxy) is 1. The second-order valence-corrected chi connectivity index (χ2v) is 5.96. The highest BCUT2D eigenvalue weighted by molar-refractivity contribution is 5.77. The Morgan fingerprint density at radius 3 is 2.62 bits per heavy atom. The predicted molar refractivity (Wildman–Crippen MR) is 84.2 cm³/mol. The second kappa shape index (κ2) is 8.03. The zero-order valence-corrected chi connectivity index (χ0v) is 12.6. The number of benzene rings is 1. The summed E-state index contributed by atoms with van der Waals surface area (Å²) >= 11 is 0. The highest BCUT2D eigenvalue weighted by Crippen LogP contribution is 2.28. The Labute approximate surface area is 127 Å². The summed E-state index contributed by atoms with van der Waals surface area (Å²) in [5, 5.41) is 2.94. The molecule has 1 fully saturated rings. The van der Waals surface area contributed by atoms with Crippen LogP contribution in [0.4, 0.5) is 0 Å². The summed E-state index contributed by atoms with van der Waals surface area (Å²) in [5.41, 5.74) is 6.01. The fourth-order valence-corrected chi connectivity index (χ4v) is 2.82. The maximum atomic E-state index is 11.9. The predicted octanol–water partition coefficient (Wildman–Crippen LogP) is 2.62. The summed E-state index contributed by atoms with van der Waals surface area (Å²) in [6.45, 7) is 1.25. The molecule has 21 heavy (non-hydrogen) atoms. The van der Waals surface area contributed by atoms with Gasteiger partial charge in [-0.15, -0.1) is 0 Å². The molecule has 1 aliphatic carbocycles. The number of nitrogens with two attached hydrogens (primary N) is 1. The standard InChI is InChI=1S/C17H26N2O2/c18-17(10-5-2-6-11-17)14-16(20)19-12-7-13-21-15-8-3-1-4-9-15/h1,3-4,8-9H,2,5-7,10-14,18H2,(H,19,20). The van der Waals surface area contributed by atoms with E-state index in [9.17, 15) is 4.79 Å². The summed E-state index contributed by atoms with van der Waals surface area (Å²) < 4.78 is 5.58. The summed E-state index contributed by atoms with van der Waals surface area (Å²) in [4.78, 5) is 11.9. The molecule has 1 amide bonds. The molecule has 0 saturated heterocycles. The second-order valence-electron chi connectivity index (χ2n) is 5.96. The Hall–Kier alpha value is -1.55. The van der Waals surface area contributed by atoms with Gasteiger partial charge in [-0.25, -0.2) is 0 Å². The molecule has 1 aromatic carbocycles. The van der Waals surface area contributed by atoms with Gasteiger partial charge >= 0.3 is 0 Å². The molecule has 1 aromatic rings. The zero-order valence-electron chi connectivity index (χ0n) is 12.6. The van der Waals surface area contributed by atoms with Crippen molar-refractivity contribution in [1.29, 1.82) is 0 Å². The third kappa shape index (κ3) is 5.76. The van der Waals surface area contributed by atoms with Crippen LogP contribution in [0.3, 0.4) is 0 Å². The van der Waals surface area contributed by atoms with Gasteiger partial charge in [0, 0.05) is 18.5 Å². The number of carbonyl (C=O) groups excluding carboxylic acids is 1. The van der Waals surface area contributed by atoms with E-state index in [2.05, 4.69) is 5.32 Å². The van der Waals surface area contributed by atoms with Crippen LogP contribution in [0.25, 0.3) is 0 Å². The number of hydrogen-bond acceptors (Lipinski definition) is 3. The SMILES string of the molecule is NC1(CC(=O)NCCCOc2ccccc2)CCCCC1. The summed E-state index contributed by atoms with van der Waals surface area (Å²) in [6.07, 6.45) is 6.74. The van der Waals surface area contributed by atoms with E-state index in [1.807, 2.05) is 30.3 Å². The van der Waals surface area contributed by atoms with Crippen molar-refractivity contribution in [2.75, 3.05) is 13.2 Å². The van der Waals surface area contributed by atoms with Crippen LogP contribution in [-0.4, -0.2) is 24.6 Å². The normalized spacial score (nSPS) is 17.2. The molecule has 0 aliphatic heterocycles. The van der Waals surface area contributed by atoms with Crippen molar-refractivity contribution in [3.63, 3.8) is 0 Å². The fourth-order valence-electron chi connectivity index (χ4n) is 2.82. The zero-order chi connectivity index (χ0) is 15.0. The number of nitrogens with one attached hydrogen (secondary N) is 1. The highest BCUT2D eigenvalue weighted by atomic mass is 16.5. The van der Waals surface area contributed by atoms with Crippen LogP contribution in [0.2, 0.25) is 0 Å². The van der Waals surface area contributed by atoms with Gasteiger partial charge in [-0.05, 0) is 31.4 Å². The Bertz CT molecular complexity index is 428. The van der Waals surface area contributed by atoms with Gasteiger partial charge in [0.05, 0.1) is 6.61 Å². The van der Waals surface area contributed by atoms with Crippen molar-refractivity contribution >= 4 is 5.91 Å². The minimum absolute atomic E-state index is 0.0686. The van der Waals surface area contributed by atoms with Gasteiger partial charge in [-0.2, -0.15) is 0 Å². The Morgan fingerprint density at radius 1 is 1.19 bits per heavy atom. The van der Waals surface area contributed by atoms with Gasteiger partial charge in [-0.1, -0.05) is 37.5 Å². The van der Waals surface area contributed by atoms with Crippen molar-refractivity contribution in [1.82, 2.24) is 5.32 Å². The van der Waals surface area contributed by atoms with Gasteiger partial charge in [0.1, 0.15) is 5.75 Å². The number of hydrogen-bond donors (Lipinski definition) is 2. The van der Waals surface area contributed by atoms with E-state index in [1.165, 1.54) is 6.42 Å². The highest BCUT2D eigenvalue weighted by Gasteiger charge is 2.29. The third-order valence-electron chi connectivity index (χ3n) is 4.02. The van der Waals surface area contributed by atoms with Crippen LogP contribution >= 0.6 is 0 Å². The molecule has 3 N–H and O–H groups in total. The molecule has 0 aromatic heterocycles. The lowest BCUT2D eigenvalue weighted by atomic mass is 9.80. The van der Waals surface area contributed by atoms with Crippen molar-refractivity contribution in [2.45, 2.75) is 50.5 Å². The van der Waals surface area contributed by atoms with Gasteiger partial charge in [0.2, 0.25) is 5.91 Å². The summed E-state index contributed by atoms with van der Waals surface area (Å²) in [6, 6.07) is 9.71. The molecule has 0 radical (unpaired) electrons. The molecule has 0 atom stereocenters. The smallest absolute Gasteiger partial charge is 0.221 e. The topological polar surface area (TPSA) is 64.4 Å². The van der Waals surface area contributed by atoms with Crippen molar-refractivity contribution in [2.24, 2.45) is 5.73 Å². The minimum atomic E-state index is -0.275. The van der Waals surface area contributed by atoms with Crippen LogP contribution < -0.4 is 15.8 Å². The van der Waals surface area contributed by atoms with Gasteiger partial charge in [0.15, 0.2) is 0 Å². The van der Waals surface area contributed by atoms with Gasteiger partial charge < -0.3 is 15.8 Å². The molecule has 2 rings (SSSR count). The Kier molecular flexibility index (Phi) is 6.05. The van der Waals surface area contributed by atoms with Gasteiger partial charge in [0.25, 0.3) is 0 Å². The van der Waals surface area contributed by atoms with E-state index < -0.39 is 0 Å². The van der Waals surface area contributed by atoms with Crippen molar-refractivity contribution < 1.29 is 9.53 Å². The van der Waals surface area contributed by atoms with Crippen LogP contribution in [0.5, 0.6) is 5.75 Å². The van der Waals surface area contributed by atoms with Crippen molar-refractivity contribution in [3.8, 4) is 5.75 Å². The molecule has 116 valence electrons. The van der Waals surface area contributed by atoms with Crippen molar-refractivity contribution in [3.05, 3.63) is 30.3 Å². The summed E-state index contributed by atoms with van der Waals surface area (Å²) in [7, 11) is 0. The molecule has 1 aliphatic rings. The molecule has 0 bridgehead atoms. The fraction of sp³-hybridized carbons (Fsp3) is 0.588. The molecule has 0 heterocycles. The first-order valence-electron chi connectivity index (χ1n) is 7.91. The van der Waals surface area contributed by atoms with Crippen LogP contribution in [0, 0.1) is 0 Å². The van der Waals surface area contributed by atoms with Gasteiger partial charge in [-0.3, -0.25) is 4.79 Å². The van der Waals surface area contributed by atoms with Crippen LogP contribution in [0.1, 0.15) is 44.9 Å². The average molecular weight is 290 g/mol. The first kappa shape index (κ1) is 15.8. The monoisotopic (exact) mass is 290 g/mol. The molecule has 4 heteroatoms. The maximum Gasteiger partial charge on any atom is 0.221 e.